The number of benzene rings is 1. The van der Waals surface area contributed by atoms with Crippen LogP contribution in [0, 0.1) is 29.6 Å². The Morgan fingerprint density at radius 3 is 2.11 bits per heavy atom. The van der Waals surface area contributed by atoms with Gasteiger partial charge in [0.05, 0.1) is 12.6 Å². The molecule has 0 unspecified atom stereocenters. The largest absolute Gasteiger partial charge is 0.412 e. The van der Waals surface area contributed by atoms with Gasteiger partial charge in [-0.1, -0.05) is 62.4 Å². The number of carbonyl (C=O) groups excluding carboxylic acids is 4. The molecule has 47 heavy (non-hydrogen) atoms. The van der Waals surface area contributed by atoms with Gasteiger partial charge < -0.3 is 32.5 Å². The van der Waals surface area contributed by atoms with Crippen molar-refractivity contribution in [3.8, 4) is 0 Å². The minimum Gasteiger partial charge on any atom is -0.412 e. The lowest BCUT2D eigenvalue weighted by Gasteiger charge is -2.54. The van der Waals surface area contributed by atoms with Crippen LogP contribution >= 0.6 is 24.2 Å². The first-order chi connectivity index (χ1) is 21.8. The zero-order valence-corrected chi connectivity index (χ0v) is 29.3. The summed E-state index contributed by atoms with van der Waals surface area (Å²) in [6.45, 7) is -0.283. The van der Waals surface area contributed by atoms with Gasteiger partial charge in [0.15, 0.2) is 0 Å². The van der Waals surface area contributed by atoms with Gasteiger partial charge in [-0.2, -0.15) is 11.8 Å². The first kappa shape index (κ1) is 39.1. The molecule has 0 saturated heterocycles. The van der Waals surface area contributed by atoms with E-state index in [-0.39, 0.29) is 42.3 Å². The highest BCUT2D eigenvalue weighted by Crippen LogP contribution is 2.53. The highest BCUT2D eigenvalue weighted by molar-refractivity contribution is 7.98. The van der Waals surface area contributed by atoms with E-state index >= 15 is 0 Å². The number of carbonyl (C=O) groups is 4. The van der Waals surface area contributed by atoms with Crippen molar-refractivity contribution in [2.75, 3.05) is 18.6 Å². The Hall–Kier alpha value is -2.34. The molecule has 6 rings (SSSR count). The molecule has 264 valence electrons. The number of hydrogen-bond acceptors (Lipinski definition) is 6. The Balaban J connectivity index is 0.00000300. The Morgan fingerprint density at radius 2 is 1.49 bits per heavy atom. The summed E-state index contributed by atoms with van der Waals surface area (Å²) in [5.74, 6) is 2.45. The van der Waals surface area contributed by atoms with E-state index in [0.717, 1.165) is 30.2 Å². The fraction of sp³-hybridized carbons (Fsp3) is 0.714. The van der Waals surface area contributed by atoms with Crippen LogP contribution in [0.15, 0.2) is 30.3 Å². The fourth-order valence-electron chi connectivity index (χ4n) is 8.69. The molecule has 8 N–H and O–H groups in total. The van der Waals surface area contributed by atoms with E-state index in [9.17, 15) is 19.2 Å². The van der Waals surface area contributed by atoms with Gasteiger partial charge in [0.2, 0.25) is 23.6 Å². The molecule has 12 heteroatoms. The summed E-state index contributed by atoms with van der Waals surface area (Å²) in [6.07, 6.45) is 15.3. The lowest BCUT2D eigenvalue weighted by atomic mass is 9.54. The maximum absolute atomic E-state index is 13.7. The average molecular weight is 694 g/mol. The second-order valence-electron chi connectivity index (χ2n) is 14.2. The van der Waals surface area contributed by atoms with Gasteiger partial charge in [-0.3, -0.25) is 19.2 Å². The fourth-order valence-corrected chi connectivity index (χ4v) is 9.16. The molecule has 0 radical (unpaired) electrons. The van der Waals surface area contributed by atoms with Crippen molar-refractivity contribution in [3.05, 3.63) is 35.9 Å². The Morgan fingerprint density at radius 1 is 0.851 bits per heavy atom. The Bertz CT molecular complexity index is 1140. The van der Waals surface area contributed by atoms with Crippen molar-refractivity contribution in [1.82, 2.24) is 21.3 Å². The summed E-state index contributed by atoms with van der Waals surface area (Å²) in [7, 11) is 0. The second kappa shape index (κ2) is 19.0. The lowest BCUT2D eigenvalue weighted by Crippen LogP contribution is -2.60. The normalized spacial score (nSPS) is 26.5. The van der Waals surface area contributed by atoms with Crippen LogP contribution in [0.25, 0.3) is 0 Å². The van der Waals surface area contributed by atoms with Gasteiger partial charge >= 0.3 is 0 Å². The summed E-state index contributed by atoms with van der Waals surface area (Å²) >= 11 is 1.58. The lowest BCUT2D eigenvalue weighted by molar-refractivity contribution is -0.132. The van der Waals surface area contributed by atoms with Gasteiger partial charge in [0, 0.05) is 12.5 Å². The Kier molecular flexibility index (Phi) is 15.8. The number of nitrogens with one attached hydrogen (secondary N) is 4. The van der Waals surface area contributed by atoms with Crippen molar-refractivity contribution >= 4 is 47.8 Å². The van der Waals surface area contributed by atoms with E-state index in [4.69, 9.17) is 5.73 Å². The third kappa shape index (κ3) is 11.1. The minimum absolute atomic E-state index is 0. The van der Waals surface area contributed by atoms with Crippen LogP contribution in [0.4, 0.5) is 0 Å². The molecule has 0 aromatic heterocycles. The van der Waals surface area contributed by atoms with Crippen molar-refractivity contribution in [2.45, 2.75) is 108 Å². The van der Waals surface area contributed by atoms with Crippen molar-refractivity contribution in [1.29, 1.82) is 0 Å². The predicted molar refractivity (Wildman–Crippen MR) is 189 cm³/mol. The van der Waals surface area contributed by atoms with Crippen molar-refractivity contribution in [2.24, 2.45) is 35.3 Å². The van der Waals surface area contributed by atoms with Crippen LogP contribution in [0.2, 0.25) is 0 Å². The zero-order chi connectivity index (χ0) is 31.8. The van der Waals surface area contributed by atoms with Gasteiger partial charge in [-0.15, -0.1) is 12.4 Å². The van der Waals surface area contributed by atoms with Crippen LogP contribution < -0.4 is 27.0 Å². The molecule has 5 fully saturated rings. The number of halogens is 1. The zero-order valence-electron chi connectivity index (χ0n) is 27.7. The van der Waals surface area contributed by atoms with Gasteiger partial charge in [0.25, 0.3) is 0 Å². The smallest absolute Gasteiger partial charge is 0.243 e. The van der Waals surface area contributed by atoms with E-state index in [1.165, 1.54) is 51.4 Å². The molecule has 5 aliphatic rings. The third-order valence-corrected chi connectivity index (χ3v) is 11.4. The van der Waals surface area contributed by atoms with E-state index in [0.29, 0.717) is 42.8 Å². The summed E-state index contributed by atoms with van der Waals surface area (Å²) in [4.78, 5) is 53.0. The molecule has 4 bridgehead atoms. The maximum Gasteiger partial charge on any atom is 0.243 e. The van der Waals surface area contributed by atoms with Crippen molar-refractivity contribution < 1.29 is 24.7 Å². The highest BCUT2D eigenvalue weighted by atomic mass is 35.5. The molecule has 0 heterocycles. The first-order valence-corrected chi connectivity index (χ1v) is 18.6. The standard InChI is InChI=1S/C35H53N5O4S.ClH.H2O/c1-45-13-12-29(39-33(42)28(36)19-22-8-4-2-5-9-22)34(43)37-21-31(41)38-30(20-23-10-6-3-7-11-23)35(44)40-32-26-15-24-14-25(17-26)18-27(32)16-24;;/h3,6-7,10-11,22,24-30,32H,2,4-5,8-9,12-21,36H2,1H3,(H,37,43)(H,38,41)(H,39,42)(H,40,44);1H;1H2/t24?,25?,26?,27?,28-,29+,30-,32?;;/m0../s1. The topological polar surface area (TPSA) is 174 Å². The third-order valence-electron chi connectivity index (χ3n) is 10.8. The van der Waals surface area contributed by atoms with Crippen LogP contribution in [0.3, 0.4) is 0 Å². The number of amides is 4. The van der Waals surface area contributed by atoms with Gasteiger partial charge in [-0.05, 0) is 92.1 Å². The Labute approximate surface area is 290 Å². The summed E-state index contributed by atoms with van der Waals surface area (Å²) in [5.41, 5.74) is 7.20. The monoisotopic (exact) mass is 693 g/mol. The molecule has 0 aliphatic heterocycles. The van der Waals surface area contributed by atoms with E-state index < -0.39 is 29.9 Å². The quantitative estimate of drug-likeness (QED) is 0.189. The highest BCUT2D eigenvalue weighted by Gasteiger charge is 2.49. The van der Waals surface area contributed by atoms with E-state index in [2.05, 4.69) is 21.3 Å². The first-order valence-electron chi connectivity index (χ1n) is 17.2. The molecule has 1 aromatic rings. The maximum atomic E-state index is 13.7. The van der Waals surface area contributed by atoms with Crippen LogP contribution in [-0.2, 0) is 25.6 Å². The number of nitrogens with two attached hydrogens (primary N) is 1. The molecular weight excluding hydrogens is 638 g/mol. The molecule has 1 aromatic carbocycles. The van der Waals surface area contributed by atoms with Crippen LogP contribution in [0.1, 0.15) is 82.6 Å². The summed E-state index contributed by atoms with van der Waals surface area (Å²) in [5, 5.41) is 11.8. The number of thioether (sulfide) groups is 1. The van der Waals surface area contributed by atoms with Crippen molar-refractivity contribution in [3.63, 3.8) is 0 Å². The predicted octanol–water partition coefficient (Wildman–Crippen LogP) is 2.90. The second-order valence-corrected chi connectivity index (χ2v) is 15.2. The molecule has 0 spiro atoms. The molecule has 5 aliphatic carbocycles. The number of rotatable bonds is 15. The van der Waals surface area contributed by atoms with Gasteiger partial charge in [0.1, 0.15) is 12.1 Å². The molecule has 10 nitrogen and oxygen atoms in total. The van der Waals surface area contributed by atoms with E-state index in [1.807, 2.05) is 36.6 Å². The molecule has 3 atom stereocenters. The molecule has 4 amide bonds. The van der Waals surface area contributed by atoms with E-state index in [1.54, 1.807) is 11.8 Å². The molecular formula is C35H56ClN5O5S. The SMILES string of the molecule is CSCC[C@@H](NC(=O)[C@@H](N)CC1CCCCC1)C(=O)NCC(=O)N[C@@H](Cc1ccccc1)C(=O)NC1C2CC3CC(C2)CC1C3.Cl.O. The average Bonchev–Trinajstić information content (AvgIpc) is 3.03. The van der Waals surface area contributed by atoms with Crippen LogP contribution in [-0.4, -0.2) is 71.8 Å². The summed E-state index contributed by atoms with van der Waals surface area (Å²) < 4.78 is 0. The van der Waals surface area contributed by atoms with Gasteiger partial charge in [-0.25, -0.2) is 0 Å². The number of hydrogen-bond donors (Lipinski definition) is 5. The minimum atomic E-state index is -0.782. The van der Waals surface area contributed by atoms with Crippen LogP contribution in [0.5, 0.6) is 0 Å². The summed E-state index contributed by atoms with van der Waals surface area (Å²) in [6, 6.07) is 7.66. The molecule has 5 saturated carbocycles.